The number of benzene rings is 2. The van der Waals surface area contributed by atoms with E-state index in [1.165, 1.54) is 12.3 Å². The van der Waals surface area contributed by atoms with Crippen molar-refractivity contribution in [3.05, 3.63) is 73.1 Å². The fourth-order valence-electron chi connectivity index (χ4n) is 3.65. The fraction of sp³-hybridized carbons (Fsp3) is 0.154. The maximum atomic E-state index is 12.4. The van der Waals surface area contributed by atoms with E-state index in [0.717, 1.165) is 16.8 Å². The molecular formula is C26H17F9N2O11S3. The highest BCUT2D eigenvalue weighted by Gasteiger charge is 2.57. The third-order valence-corrected chi connectivity index (χ3v) is 9.26. The van der Waals surface area contributed by atoms with Crippen LogP contribution in [0.25, 0.3) is 44.1 Å². The van der Waals surface area contributed by atoms with Crippen LogP contribution in [0.2, 0.25) is 0 Å². The molecule has 51 heavy (non-hydrogen) atoms. The number of aromatic hydroxyl groups is 1. The molecule has 0 radical (unpaired) electrons. The summed E-state index contributed by atoms with van der Waals surface area (Å²) in [7, 11) is -19.5. The summed E-state index contributed by atoms with van der Waals surface area (Å²) < 4.78 is 184. The quantitative estimate of drug-likeness (QED) is 0.107. The van der Waals surface area contributed by atoms with Crippen LogP contribution in [0.4, 0.5) is 39.5 Å². The monoisotopic (exact) mass is 800 g/mol. The van der Waals surface area contributed by atoms with E-state index in [9.17, 15) is 69.9 Å². The smallest absolute Gasteiger partial charge is 0.504 e. The highest BCUT2D eigenvalue weighted by molar-refractivity contribution is 8.00. The molecule has 4 heterocycles. The van der Waals surface area contributed by atoms with Gasteiger partial charge in [0.25, 0.3) is 0 Å². The van der Waals surface area contributed by atoms with Gasteiger partial charge in [0.2, 0.25) is 11.4 Å². The number of phenols is 1. The summed E-state index contributed by atoms with van der Waals surface area (Å²) in [5, 5.41) is 12.3. The predicted octanol–water partition coefficient (Wildman–Crippen LogP) is 7.23. The number of phenolic OH excluding ortho intramolecular Hbond substituents is 1. The standard InChI is InChI=1S/C12H6F3NO4S.C11H7NO2.C2F6O5S2.CH4/c13-12(14,15)21(17,18)20-9-5-1-3-7-8-4-2-6-16-11(8)19-10(7)9;13-9-5-1-3-7-8-4-2-6-12-11(8)14-10(7)9;3-1(4,5)14(9,10)13-15(11,12)2(6,7)8;/h1-6H;1-6,13H;;1H4. The number of nitrogens with zero attached hydrogens (tertiary/aromatic N) is 2. The van der Waals surface area contributed by atoms with Crippen LogP contribution >= 0.6 is 0 Å². The van der Waals surface area contributed by atoms with Gasteiger partial charge < -0.3 is 18.1 Å². The second-order valence-corrected chi connectivity index (χ2v) is 13.9. The Bertz CT molecular complexity index is 2490. The van der Waals surface area contributed by atoms with Gasteiger partial charge >= 0.3 is 46.9 Å². The summed E-state index contributed by atoms with van der Waals surface area (Å²) in [6.45, 7) is 0. The van der Waals surface area contributed by atoms with E-state index < -0.39 is 52.6 Å². The number of furan rings is 2. The number of para-hydroxylation sites is 2. The zero-order chi connectivity index (χ0) is 37.5. The number of pyridine rings is 2. The minimum absolute atomic E-state index is 0. The van der Waals surface area contributed by atoms with Crippen LogP contribution in [0.15, 0.2) is 81.9 Å². The molecule has 0 fully saturated rings. The second-order valence-electron chi connectivity index (χ2n) is 9.05. The predicted molar refractivity (Wildman–Crippen MR) is 158 cm³/mol. The third-order valence-electron chi connectivity index (χ3n) is 5.72. The molecule has 0 aliphatic carbocycles. The number of rotatable bonds is 4. The first-order chi connectivity index (χ1) is 22.9. The molecule has 6 rings (SSSR count). The van der Waals surface area contributed by atoms with Crippen LogP contribution in [0.3, 0.4) is 0 Å². The van der Waals surface area contributed by atoms with Crippen molar-refractivity contribution in [3.8, 4) is 11.5 Å². The van der Waals surface area contributed by atoms with Gasteiger partial charge in [-0.05, 0) is 36.4 Å². The van der Waals surface area contributed by atoms with Gasteiger partial charge in [-0.15, -0.1) is 3.63 Å². The molecule has 0 atom stereocenters. The van der Waals surface area contributed by atoms with Crippen molar-refractivity contribution in [2.45, 2.75) is 24.0 Å². The lowest BCUT2D eigenvalue weighted by Gasteiger charge is -2.09. The van der Waals surface area contributed by atoms with E-state index >= 15 is 0 Å². The molecule has 1 N–H and O–H groups in total. The minimum Gasteiger partial charge on any atom is -0.504 e. The Morgan fingerprint density at radius 1 is 0.549 bits per heavy atom. The molecule has 0 spiro atoms. The molecule has 0 saturated carbocycles. The first kappa shape index (κ1) is 40.5. The van der Waals surface area contributed by atoms with Crippen molar-refractivity contribution in [2.24, 2.45) is 0 Å². The Morgan fingerprint density at radius 3 is 1.39 bits per heavy atom. The molecule has 0 unspecified atom stereocenters. The average Bonchev–Trinajstić information content (AvgIpc) is 3.56. The van der Waals surface area contributed by atoms with Crippen molar-refractivity contribution in [2.75, 3.05) is 0 Å². The van der Waals surface area contributed by atoms with Gasteiger partial charge in [0.15, 0.2) is 22.7 Å². The van der Waals surface area contributed by atoms with Gasteiger partial charge in [0.05, 0.1) is 0 Å². The van der Waals surface area contributed by atoms with Gasteiger partial charge in [-0.1, -0.05) is 31.7 Å². The number of fused-ring (bicyclic) bond motifs is 6. The zero-order valence-corrected chi connectivity index (χ0v) is 25.9. The van der Waals surface area contributed by atoms with Gasteiger partial charge in [0.1, 0.15) is 0 Å². The summed E-state index contributed by atoms with van der Waals surface area (Å²) in [5.41, 5.74) is -16.9. The lowest BCUT2D eigenvalue weighted by Crippen LogP contribution is -2.34. The highest BCUT2D eigenvalue weighted by atomic mass is 32.3. The summed E-state index contributed by atoms with van der Waals surface area (Å²) in [6, 6.07) is 16.4. The highest BCUT2D eigenvalue weighted by Crippen LogP contribution is 2.37. The van der Waals surface area contributed by atoms with Crippen LogP contribution in [-0.4, -0.2) is 56.9 Å². The van der Waals surface area contributed by atoms with E-state index in [-0.39, 0.29) is 24.5 Å². The molecular weight excluding hydrogens is 783 g/mol. The lowest BCUT2D eigenvalue weighted by atomic mass is 10.2. The number of hydrogen-bond donors (Lipinski definition) is 1. The molecule has 0 bridgehead atoms. The van der Waals surface area contributed by atoms with Gasteiger partial charge in [-0.2, -0.15) is 64.8 Å². The molecule has 0 saturated heterocycles. The molecule has 0 amide bonds. The first-order valence-electron chi connectivity index (χ1n) is 12.4. The number of halogens is 9. The summed E-state index contributed by atoms with van der Waals surface area (Å²) in [5.74, 6) is -0.386. The SMILES string of the molecule is C.O=S(=O)(OS(=O)(=O)C(F)(F)F)C(F)(F)F.O=S(=O)(Oc1cccc2c1oc1ncccc12)C(F)(F)F.Oc1cccc2c1oc1ncccc12. The first-order valence-corrected chi connectivity index (χ1v) is 16.6. The molecule has 4 aromatic heterocycles. The Kier molecular flexibility index (Phi) is 11.2. The van der Waals surface area contributed by atoms with E-state index in [1.54, 1.807) is 36.5 Å². The van der Waals surface area contributed by atoms with E-state index in [0.29, 0.717) is 22.1 Å². The fourth-order valence-corrected chi connectivity index (χ4v) is 5.67. The maximum absolute atomic E-state index is 12.4. The largest absolute Gasteiger partial charge is 0.534 e. The molecule has 0 aliphatic rings. The van der Waals surface area contributed by atoms with Gasteiger partial charge in [-0.3, -0.25) is 0 Å². The normalized spacial score (nSPS) is 12.9. The van der Waals surface area contributed by atoms with Crippen molar-refractivity contribution < 1.29 is 86.5 Å². The summed E-state index contributed by atoms with van der Waals surface area (Å²) >= 11 is 0. The maximum Gasteiger partial charge on any atom is 0.534 e. The van der Waals surface area contributed by atoms with Crippen LogP contribution < -0.4 is 4.18 Å². The van der Waals surface area contributed by atoms with E-state index in [2.05, 4.69) is 14.2 Å². The van der Waals surface area contributed by atoms with Crippen LogP contribution in [-0.2, 0) is 34.0 Å². The summed E-state index contributed by atoms with van der Waals surface area (Å²) in [4.78, 5) is 7.99. The van der Waals surface area contributed by atoms with Crippen LogP contribution in [0.5, 0.6) is 11.5 Å². The van der Waals surface area contributed by atoms with E-state index in [4.69, 9.17) is 8.83 Å². The molecule has 13 nitrogen and oxygen atoms in total. The molecule has 25 heteroatoms. The van der Waals surface area contributed by atoms with Gasteiger partial charge in [0, 0.05) is 33.9 Å². The Morgan fingerprint density at radius 2 is 0.941 bits per heavy atom. The lowest BCUT2D eigenvalue weighted by molar-refractivity contribution is -0.0586. The van der Waals surface area contributed by atoms with Gasteiger partial charge in [-0.25, -0.2) is 9.97 Å². The molecule has 0 aliphatic heterocycles. The number of aromatic nitrogens is 2. The topological polar surface area (TPSA) is 193 Å². The zero-order valence-electron chi connectivity index (χ0n) is 23.5. The van der Waals surface area contributed by atoms with Crippen LogP contribution in [0.1, 0.15) is 7.43 Å². The van der Waals surface area contributed by atoms with Crippen molar-refractivity contribution in [1.29, 1.82) is 0 Å². The third kappa shape index (κ3) is 8.54. The van der Waals surface area contributed by atoms with Crippen molar-refractivity contribution in [1.82, 2.24) is 9.97 Å². The number of alkyl halides is 9. The Hall–Kier alpha value is -4.88. The minimum atomic E-state index is -6.85. The number of hydrogen-bond acceptors (Lipinski definition) is 13. The average molecular weight is 801 g/mol. The Balaban J connectivity index is 0.000000210. The molecule has 2 aromatic carbocycles. The summed E-state index contributed by atoms with van der Waals surface area (Å²) in [6.07, 6.45) is 3.11. The Labute approximate surface area is 279 Å². The molecule has 6 aromatic rings. The van der Waals surface area contributed by atoms with Crippen molar-refractivity contribution >= 4 is 74.5 Å². The van der Waals surface area contributed by atoms with Crippen molar-refractivity contribution in [3.63, 3.8) is 0 Å². The second kappa shape index (κ2) is 14.0. The van der Waals surface area contributed by atoms with E-state index in [1.807, 2.05) is 21.8 Å². The van der Waals surface area contributed by atoms with Crippen LogP contribution in [0, 0.1) is 0 Å². The molecule has 278 valence electrons.